The Morgan fingerprint density at radius 1 is 1.46 bits per heavy atom. The van der Waals surface area contributed by atoms with E-state index in [0.717, 1.165) is 19.7 Å². The average Bonchev–Trinajstić information content (AvgIpc) is 2.63. The minimum absolute atomic E-state index is 0.552. The molecule has 1 fully saturated rings. The number of ether oxygens (including phenoxy) is 1. The van der Waals surface area contributed by atoms with E-state index >= 15 is 0 Å². The molecule has 0 bridgehead atoms. The van der Waals surface area contributed by atoms with E-state index in [4.69, 9.17) is 4.74 Å². The molecule has 1 rings (SSSR count). The van der Waals surface area contributed by atoms with Crippen molar-refractivity contribution in [2.75, 3.05) is 31.2 Å². The Balaban J connectivity index is 1.78. The van der Waals surface area contributed by atoms with Crippen molar-refractivity contribution >= 4 is 11.8 Å². The molecule has 0 aromatic heterocycles. The van der Waals surface area contributed by atoms with Crippen molar-refractivity contribution in [2.24, 2.45) is 0 Å². The van der Waals surface area contributed by atoms with Gasteiger partial charge in [0.2, 0.25) is 0 Å². The zero-order valence-electron chi connectivity index (χ0n) is 8.55. The minimum Gasteiger partial charge on any atom is -0.377 e. The fraction of sp³-hybridized carbons (Fsp3) is 1.00. The SMILES string of the molecule is CCCNCCSCC1CCCO1. The van der Waals surface area contributed by atoms with Gasteiger partial charge in [0, 0.05) is 24.7 Å². The first kappa shape index (κ1) is 11.3. The van der Waals surface area contributed by atoms with Gasteiger partial charge in [0.15, 0.2) is 0 Å². The van der Waals surface area contributed by atoms with Crippen molar-refractivity contribution in [1.29, 1.82) is 0 Å². The number of hydrogen-bond acceptors (Lipinski definition) is 3. The highest BCUT2D eigenvalue weighted by molar-refractivity contribution is 7.99. The van der Waals surface area contributed by atoms with Crippen LogP contribution in [-0.4, -0.2) is 37.3 Å². The average molecular weight is 203 g/mol. The van der Waals surface area contributed by atoms with E-state index < -0.39 is 0 Å². The Kier molecular flexibility index (Phi) is 6.68. The first-order valence-corrected chi connectivity index (χ1v) is 6.49. The summed E-state index contributed by atoms with van der Waals surface area (Å²) in [5, 5.41) is 3.40. The maximum absolute atomic E-state index is 5.54. The lowest BCUT2D eigenvalue weighted by Crippen LogP contribution is -2.18. The zero-order chi connectivity index (χ0) is 9.36. The Labute approximate surface area is 85.8 Å². The van der Waals surface area contributed by atoms with Gasteiger partial charge in [0.05, 0.1) is 6.10 Å². The maximum atomic E-state index is 5.54. The van der Waals surface area contributed by atoms with Gasteiger partial charge in [0.1, 0.15) is 0 Å². The summed E-state index contributed by atoms with van der Waals surface area (Å²) in [5.41, 5.74) is 0. The summed E-state index contributed by atoms with van der Waals surface area (Å²) in [5.74, 6) is 2.41. The first-order valence-electron chi connectivity index (χ1n) is 5.33. The van der Waals surface area contributed by atoms with Crippen LogP contribution in [-0.2, 0) is 4.74 Å². The van der Waals surface area contributed by atoms with Gasteiger partial charge in [-0.15, -0.1) is 0 Å². The van der Waals surface area contributed by atoms with Gasteiger partial charge in [0.25, 0.3) is 0 Å². The Morgan fingerprint density at radius 3 is 3.08 bits per heavy atom. The van der Waals surface area contributed by atoms with Crippen molar-refractivity contribution in [3.8, 4) is 0 Å². The molecule has 0 spiro atoms. The van der Waals surface area contributed by atoms with Crippen LogP contribution < -0.4 is 5.32 Å². The van der Waals surface area contributed by atoms with E-state index in [0.29, 0.717) is 6.10 Å². The lowest BCUT2D eigenvalue weighted by molar-refractivity contribution is 0.129. The predicted molar refractivity (Wildman–Crippen MR) is 59.5 cm³/mol. The van der Waals surface area contributed by atoms with E-state index in [-0.39, 0.29) is 0 Å². The van der Waals surface area contributed by atoms with Gasteiger partial charge in [-0.05, 0) is 25.8 Å². The Morgan fingerprint density at radius 2 is 2.38 bits per heavy atom. The third-order valence-corrected chi connectivity index (χ3v) is 3.28. The molecule has 0 radical (unpaired) electrons. The molecule has 1 aliphatic rings. The van der Waals surface area contributed by atoms with Crippen LogP contribution in [0.4, 0.5) is 0 Å². The number of rotatable bonds is 7. The molecule has 0 aromatic rings. The smallest absolute Gasteiger partial charge is 0.0666 e. The van der Waals surface area contributed by atoms with Gasteiger partial charge in [-0.25, -0.2) is 0 Å². The van der Waals surface area contributed by atoms with E-state index in [2.05, 4.69) is 12.2 Å². The maximum Gasteiger partial charge on any atom is 0.0666 e. The Bertz CT molecular complexity index is 115. The van der Waals surface area contributed by atoms with Crippen LogP contribution in [0.5, 0.6) is 0 Å². The number of nitrogens with one attached hydrogen (secondary N) is 1. The van der Waals surface area contributed by atoms with Crippen LogP contribution in [0.1, 0.15) is 26.2 Å². The van der Waals surface area contributed by atoms with E-state index in [1.165, 1.54) is 30.8 Å². The molecule has 3 heteroatoms. The molecular weight excluding hydrogens is 182 g/mol. The summed E-state index contributed by atoms with van der Waals surface area (Å²) >= 11 is 2.01. The highest BCUT2D eigenvalue weighted by atomic mass is 32.2. The molecule has 1 heterocycles. The first-order chi connectivity index (χ1) is 6.43. The monoisotopic (exact) mass is 203 g/mol. The summed E-state index contributed by atoms with van der Waals surface area (Å²) in [7, 11) is 0. The van der Waals surface area contributed by atoms with Crippen molar-refractivity contribution < 1.29 is 4.74 Å². The van der Waals surface area contributed by atoms with Crippen LogP contribution in [0.15, 0.2) is 0 Å². The fourth-order valence-electron chi connectivity index (χ4n) is 1.44. The van der Waals surface area contributed by atoms with Crippen LogP contribution in [0.3, 0.4) is 0 Å². The van der Waals surface area contributed by atoms with Gasteiger partial charge >= 0.3 is 0 Å². The van der Waals surface area contributed by atoms with Crippen LogP contribution in [0.2, 0.25) is 0 Å². The molecule has 2 nitrogen and oxygen atoms in total. The summed E-state index contributed by atoms with van der Waals surface area (Å²) in [6.07, 6.45) is 4.32. The molecule has 1 saturated heterocycles. The molecule has 1 unspecified atom stereocenters. The zero-order valence-corrected chi connectivity index (χ0v) is 9.37. The van der Waals surface area contributed by atoms with E-state index in [1.807, 2.05) is 11.8 Å². The highest BCUT2D eigenvalue weighted by Crippen LogP contribution is 2.16. The lowest BCUT2D eigenvalue weighted by atomic mass is 10.3. The quantitative estimate of drug-likeness (QED) is 0.639. The summed E-state index contributed by atoms with van der Waals surface area (Å²) < 4.78 is 5.54. The largest absolute Gasteiger partial charge is 0.377 e. The van der Waals surface area contributed by atoms with Gasteiger partial charge in [-0.1, -0.05) is 6.92 Å². The molecule has 1 atom stereocenters. The molecule has 0 amide bonds. The molecule has 0 saturated carbocycles. The molecule has 78 valence electrons. The number of hydrogen-bond donors (Lipinski definition) is 1. The highest BCUT2D eigenvalue weighted by Gasteiger charge is 2.14. The second-order valence-electron chi connectivity index (χ2n) is 3.46. The van der Waals surface area contributed by atoms with E-state index in [9.17, 15) is 0 Å². The summed E-state index contributed by atoms with van der Waals surface area (Å²) in [6.45, 7) is 5.48. The van der Waals surface area contributed by atoms with Crippen LogP contribution in [0, 0.1) is 0 Å². The standard InChI is InChI=1S/C10H21NOS/c1-2-5-11-6-8-13-9-10-4-3-7-12-10/h10-11H,2-9H2,1H3. The van der Waals surface area contributed by atoms with Crippen LogP contribution in [0.25, 0.3) is 0 Å². The lowest BCUT2D eigenvalue weighted by Gasteiger charge is -2.08. The van der Waals surface area contributed by atoms with Crippen molar-refractivity contribution in [1.82, 2.24) is 5.32 Å². The van der Waals surface area contributed by atoms with Crippen molar-refractivity contribution in [3.63, 3.8) is 0 Å². The predicted octanol–water partition coefficient (Wildman–Crippen LogP) is 1.90. The second-order valence-corrected chi connectivity index (χ2v) is 4.61. The molecule has 13 heavy (non-hydrogen) atoms. The van der Waals surface area contributed by atoms with Gasteiger partial charge in [-0.2, -0.15) is 11.8 Å². The molecule has 0 aliphatic carbocycles. The fourth-order valence-corrected chi connectivity index (χ4v) is 2.42. The summed E-state index contributed by atoms with van der Waals surface area (Å²) in [6, 6.07) is 0. The van der Waals surface area contributed by atoms with Crippen LogP contribution >= 0.6 is 11.8 Å². The Hall–Kier alpha value is 0.270. The van der Waals surface area contributed by atoms with Crippen molar-refractivity contribution in [3.05, 3.63) is 0 Å². The van der Waals surface area contributed by atoms with Crippen molar-refractivity contribution in [2.45, 2.75) is 32.3 Å². The topological polar surface area (TPSA) is 21.3 Å². The molecule has 0 aromatic carbocycles. The third kappa shape index (κ3) is 5.55. The molecule has 1 N–H and O–H groups in total. The second kappa shape index (κ2) is 7.65. The minimum atomic E-state index is 0.552. The van der Waals surface area contributed by atoms with Gasteiger partial charge in [-0.3, -0.25) is 0 Å². The molecular formula is C10H21NOS. The normalized spacial score (nSPS) is 22.4. The number of thioether (sulfide) groups is 1. The molecule has 1 aliphatic heterocycles. The van der Waals surface area contributed by atoms with E-state index in [1.54, 1.807) is 0 Å². The van der Waals surface area contributed by atoms with Gasteiger partial charge < -0.3 is 10.1 Å². The summed E-state index contributed by atoms with van der Waals surface area (Å²) in [4.78, 5) is 0. The third-order valence-electron chi connectivity index (χ3n) is 2.18.